The molecule has 0 saturated heterocycles. The molecule has 110 valence electrons. The third kappa shape index (κ3) is 4.37. The largest absolute Gasteiger partial charge is 0.478 e. The van der Waals surface area contributed by atoms with Gasteiger partial charge in [-0.2, -0.15) is 0 Å². The van der Waals surface area contributed by atoms with Crippen molar-refractivity contribution in [2.24, 2.45) is 0 Å². The lowest BCUT2D eigenvalue weighted by molar-refractivity contribution is 0.0685. The molecule has 0 heterocycles. The van der Waals surface area contributed by atoms with Crippen LogP contribution >= 0.6 is 0 Å². The van der Waals surface area contributed by atoms with Crippen LogP contribution in [0.5, 0.6) is 0 Å². The standard InChI is InChI=1S/C16H23NO3/c1-4-5-6-11-17(12(2)3)15(18)13-7-9-14(10-8-13)16(19)20/h7-10,12H,4-6,11H2,1-3H3,(H,19,20). The van der Waals surface area contributed by atoms with Gasteiger partial charge in [-0.15, -0.1) is 0 Å². The number of carbonyl (C=O) groups excluding carboxylic acids is 1. The fourth-order valence-corrected chi connectivity index (χ4v) is 2.05. The first kappa shape index (κ1) is 16.2. The van der Waals surface area contributed by atoms with Gasteiger partial charge in [0.15, 0.2) is 0 Å². The Kier molecular flexibility index (Phi) is 6.22. The summed E-state index contributed by atoms with van der Waals surface area (Å²) in [6, 6.07) is 6.25. The van der Waals surface area contributed by atoms with Crippen LogP contribution in [-0.4, -0.2) is 34.5 Å². The summed E-state index contributed by atoms with van der Waals surface area (Å²) in [6.45, 7) is 6.86. The molecule has 0 fully saturated rings. The van der Waals surface area contributed by atoms with Crippen LogP contribution in [-0.2, 0) is 0 Å². The number of hydrogen-bond acceptors (Lipinski definition) is 2. The molecule has 0 atom stereocenters. The molecule has 0 unspecified atom stereocenters. The third-order valence-corrected chi connectivity index (χ3v) is 3.27. The number of unbranched alkanes of at least 4 members (excludes halogenated alkanes) is 2. The Balaban J connectivity index is 2.80. The van der Waals surface area contributed by atoms with Gasteiger partial charge in [0.2, 0.25) is 0 Å². The van der Waals surface area contributed by atoms with Crippen LogP contribution in [0.25, 0.3) is 0 Å². The first-order valence-electron chi connectivity index (χ1n) is 7.11. The summed E-state index contributed by atoms with van der Waals surface area (Å²) in [6.07, 6.45) is 3.22. The van der Waals surface area contributed by atoms with E-state index >= 15 is 0 Å². The van der Waals surface area contributed by atoms with Crippen molar-refractivity contribution in [2.75, 3.05) is 6.54 Å². The van der Waals surface area contributed by atoms with E-state index in [0.29, 0.717) is 5.56 Å². The molecular weight excluding hydrogens is 254 g/mol. The van der Waals surface area contributed by atoms with E-state index in [0.717, 1.165) is 25.8 Å². The number of rotatable bonds is 7. The maximum Gasteiger partial charge on any atom is 0.335 e. The first-order valence-corrected chi connectivity index (χ1v) is 7.11. The Morgan fingerprint density at radius 3 is 2.10 bits per heavy atom. The molecule has 1 aromatic carbocycles. The van der Waals surface area contributed by atoms with E-state index in [1.165, 1.54) is 12.1 Å². The molecule has 0 radical (unpaired) electrons. The summed E-state index contributed by atoms with van der Waals surface area (Å²) in [7, 11) is 0. The summed E-state index contributed by atoms with van der Waals surface area (Å²) in [5.41, 5.74) is 0.740. The number of carboxylic acids is 1. The molecule has 0 bridgehead atoms. The molecule has 0 spiro atoms. The Morgan fingerprint density at radius 2 is 1.65 bits per heavy atom. The highest BCUT2D eigenvalue weighted by Crippen LogP contribution is 2.12. The Bertz CT molecular complexity index is 451. The second-order valence-corrected chi connectivity index (χ2v) is 5.18. The number of carbonyl (C=O) groups is 2. The van der Waals surface area contributed by atoms with E-state index in [1.54, 1.807) is 12.1 Å². The Hall–Kier alpha value is -1.84. The van der Waals surface area contributed by atoms with E-state index in [-0.39, 0.29) is 17.5 Å². The van der Waals surface area contributed by atoms with E-state index in [1.807, 2.05) is 18.7 Å². The topological polar surface area (TPSA) is 57.6 Å². The SMILES string of the molecule is CCCCCN(C(=O)c1ccc(C(=O)O)cc1)C(C)C. The second-order valence-electron chi connectivity index (χ2n) is 5.18. The van der Waals surface area contributed by atoms with Gasteiger partial charge in [-0.1, -0.05) is 19.8 Å². The van der Waals surface area contributed by atoms with E-state index in [4.69, 9.17) is 5.11 Å². The number of nitrogens with zero attached hydrogens (tertiary/aromatic N) is 1. The molecule has 1 amide bonds. The molecular formula is C16H23NO3. The van der Waals surface area contributed by atoms with E-state index < -0.39 is 5.97 Å². The van der Waals surface area contributed by atoms with Crippen LogP contribution in [0.4, 0.5) is 0 Å². The van der Waals surface area contributed by atoms with Gasteiger partial charge in [0.25, 0.3) is 5.91 Å². The molecule has 1 aromatic rings. The van der Waals surface area contributed by atoms with Gasteiger partial charge in [-0.05, 0) is 44.5 Å². The summed E-state index contributed by atoms with van der Waals surface area (Å²) in [4.78, 5) is 25.1. The highest BCUT2D eigenvalue weighted by Gasteiger charge is 2.18. The van der Waals surface area contributed by atoms with Crippen molar-refractivity contribution in [3.8, 4) is 0 Å². The monoisotopic (exact) mass is 277 g/mol. The normalized spacial score (nSPS) is 10.6. The molecule has 0 aliphatic carbocycles. The van der Waals surface area contributed by atoms with Crippen molar-refractivity contribution in [1.82, 2.24) is 4.90 Å². The van der Waals surface area contributed by atoms with Gasteiger partial charge in [0.1, 0.15) is 0 Å². The zero-order chi connectivity index (χ0) is 15.1. The number of benzene rings is 1. The molecule has 1 N–H and O–H groups in total. The molecule has 0 aliphatic heterocycles. The molecule has 0 aliphatic rings. The van der Waals surface area contributed by atoms with Crippen LogP contribution in [0.2, 0.25) is 0 Å². The Labute approximate surface area is 120 Å². The lowest BCUT2D eigenvalue weighted by Crippen LogP contribution is -2.37. The van der Waals surface area contributed by atoms with Crippen molar-refractivity contribution in [3.63, 3.8) is 0 Å². The van der Waals surface area contributed by atoms with Gasteiger partial charge in [0, 0.05) is 18.2 Å². The maximum absolute atomic E-state index is 12.4. The zero-order valence-corrected chi connectivity index (χ0v) is 12.4. The lowest BCUT2D eigenvalue weighted by Gasteiger charge is -2.27. The smallest absolute Gasteiger partial charge is 0.335 e. The van der Waals surface area contributed by atoms with E-state index in [2.05, 4.69) is 6.92 Å². The maximum atomic E-state index is 12.4. The minimum atomic E-state index is -0.979. The molecule has 20 heavy (non-hydrogen) atoms. The first-order chi connectivity index (χ1) is 9.47. The minimum Gasteiger partial charge on any atom is -0.478 e. The van der Waals surface area contributed by atoms with Gasteiger partial charge in [0.05, 0.1) is 5.56 Å². The molecule has 0 aromatic heterocycles. The lowest BCUT2D eigenvalue weighted by atomic mass is 10.1. The highest BCUT2D eigenvalue weighted by molar-refractivity contribution is 5.96. The fourth-order valence-electron chi connectivity index (χ4n) is 2.05. The zero-order valence-electron chi connectivity index (χ0n) is 12.4. The fraction of sp³-hybridized carbons (Fsp3) is 0.500. The molecule has 0 saturated carbocycles. The predicted octanol–water partition coefficient (Wildman–Crippen LogP) is 3.43. The van der Waals surface area contributed by atoms with Gasteiger partial charge in [-0.3, -0.25) is 4.79 Å². The average Bonchev–Trinajstić information content (AvgIpc) is 2.42. The Morgan fingerprint density at radius 1 is 1.10 bits per heavy atom. The summed E-state index contributed by atoms with van der Waals surface area (Å²) < 4.78 is 0. The molecule has 4 heteroatoms. The van der Waals surface area contributed by atoms with Gasteiger partial charge < -0.3 is 10.0 Å². The summed E-state index contributed by atoms with van der Waals surface area (Å²) >= 11 is 0. The van der Waals surface area contributed by atoms with Gasteiger partial charge >= 0.3 is 5.97 Å². The second kappa shape index (κ2) is 7.68. The van der Waals surface area contributed by atoms with Crippen molar-refractivity contribution >= 4 is 11.9 Å². The molecule has 1 rings (SSSR count). The van der Waals surface area contributed by atoms with Crippen LogP contribution in [0.1, 0.15) is 60.7 Å². The van der Waals surface area contributed by atoms with Crippen LogP contribution in [0, 0.1) is 0 Å². The van der Waals surface area contributed by atoms with Crippen LogP contribution < -0.4 is 0 Å². The predicted molar refractivity (Wildman–Crippen MR) is 79.1 cm³/mol. The average molecular weight is 277 g/mol. The highest BCUT2D eigenvalue weighted by atomic mass is 16.4. The van der Waals surface area contributed by atoms with E-state index in [9.17, 15) is 9.59 Å². The van der Waals surface area contributed by atoms with Crippen molar-refractivity contribution in [2.45, 2.75) is 46.1 Å². The van der Waals surface area contributed by atoms with Crippen LogP contribution in [0.3, 0.4) is 0 Å². The summed E-state index contributed by atoms with van der Waals surface area (Å²) in [5, 5.41) is 8.86. The van der Waals surface area contributed by atoms with Crippen LogP contribution in [0.15, 0.2) is 24.3 Å². The van der Waals surface area contributed by atoms with Crippen molar-refractivity contribution < 1.29 is 14.7 Å². The van der Waals surface area contributed by atoms with Gasteiger partial charge in [-0.25, -0.2) is 4.79 Å². The van der Waals surface area contributed by atoms with Crippen molar-refractivity contribution in [1.29, 1.82) is 0 Å². The molecule has 4 nitrogen and oxygen atoms in total. The van der Waals surface area contributed by atoms with Crippen molar-refractivity contribution in [3.05, 3.63) is 35.4 Å². The quantitative estimate of drug-likeness (QED) is 0.777. The number of amides is 1. The number of hydrogen-bond donors (Lipinski definition) is 1. The number of carboxylic acid groups (broad SMARTS) is 1. The summed E-state index contributed by atoms with van der Waals surface area (Å²) in [5.74, 6) is -1.01. The third-order valence-electron chi connectivity index (χ3n) is 3.27. The minimum absolute atomic E-state index is 0.0342. The number of aromatic carboxylic acids is 1.